The van der Waals surface area contributed by atoms with Crippen molar-refractivity contribution in [2.24, 2.45) is 23.7 Å². The van der Waals surface area contributed by atoms with Crippen LogP contribution in [0.15, 0.2) is 83.6 Å². The van der Waals surface area contributed by atoms with Gasteiger partial charge in [-0.3, -0.25) is 0 Å². The molecule has 14 nitrogen and oxygen atoms in total. The number of carboxylic acid groups (broad SMARTS) is 2. The Balaban J connectivity index is 0.000000192. The van der Waals surface area contributed by atoms with Gasteiger partial charge in [0.1, 0.15) is 36.5 Å². The third-order valence-corrected chi connectivity index (χ3v) is 19.6. The summed E-state index contributed by atoms with van der Waals surface area (Å²) in [7, 11) is 0. The Bertz CT molecular complexity index is 2500. The molecule has 2 aromatic heterocycles. The number of aliphatic carboxylic acids is 2. The molecule has 0 amide bonds. The normalized spacial score (nSPS) is 25.6. The lowest BCUT2D eigenvalue weighted by atomic mass is 9.82. The number of ether oxygens (including phenoxy) is 4. The summed E-state index contributed by atoms with van der Waals surface area (Å²) in [5.41, 5.74) is -0.659. The summed E-state index contributed by atoms with van der Waals surface area (Å²) in [5, 5.41) is 44.9. The van der Waals surface area contributed by atoms with Crippen LogP contribution in [0, 0.1) is 37.5 Å². The second-order valence-corrected chi connectivity index (χ2v) is 24.8. The van der Waals surface area contributed by atoms with Gasteiger partial charge in [-0.15, -0.1) is 22.7 Å². The van der Waals surface area contributed by atoms with Gasteiger partial charge in [-0.25, -0.2) is 9.59 Å². The molecule has 4 atom stereocenters. The number of esters is 2. The van der Waals surface area contributed by atoms with Gasteiger partial charge in [0.2, 0.25) is 0 Å². The molecule has 8 heterocycles. The van der Waals surface area contributed by atoms with Crippen molar-refractivity contribution in [1.29, 1.82) is 0 Å². The Hall–Kier alpha value is -5.26. The first-order chi connectivity index (χ1) is 38.9. The van der Waals surface area contributed by atoms with Gasteiger partial charge >= 0.3 is 24.3 Å². The fourth-order valence-corrected chi connectivity index (χ4v) is 14.8. The van der Waals surface area contributed by atoms with Crippen LogP contribution in [-0.4, -0.2) is 133 Å². The molecule has 4 bridgehead atoms. The smallest absolute Gasteiger partial charge is 0.430 e. The maximum atomic E-state index is 13.6. The van der Waals surface area contributed by atoms with E-state index >= 15 is 0 Å². The van der Waals surface area contributed by atoms with Crippen LogP contribution < -0.4 is 19.7 Å². The summed E-state index contributed by atoms with van der Waals surface area (Å²) in [6, 6.07) is 23.9. The Morgan fingerprint density at radius 2 is 0.866 bits per heavy atom. The zero-order valence-electron chi connectivity index (χ0n) is 46.5. The summed E-state index contributed by atoms with van der Waals surface area (Å²) in [6.07, 6.45) is 3.61. The average Bonchev–Trinajstić information content (AvgIpc) is 4.39. The summed E-state index contributed by atoms with van der Waals surface area (Å²) in [6.45, 7) is 14.0. The second kappa shape index (κ2) is 28.1. The number of benzene rings is 2. The van der Waals surface area contributed by atoms with Gasteiger partial charge in [0.25, 0.3) is 0 Å². The first-order valence-electron chi connectivity index (χ1n) is 28.5. The van der Waals surface area contributed by atoms with E-state index in [-0.39, 0.29) is 24.0 Å². The first-order valence-corrected chi connectivity index (χ1v) is 30.2. The van der Waals surface area contributed by atoms with Gasteiger partial charge in [0.05, 0.1) is 52.5 Å². The lowest BCUT2D eigenvalue weighted by molar-refractivity contribution is -0.946. The SMILES string of the molecule is Cc1ccccc1OCCC[N+]12CCC(CC1)[C@@H](OC(=O)[C@](O)(c1cccs1)C1CCCC1)C2.Cc1ccccc1OCCC[N+]12CCC(CC1)[C@@H](OC(=O)[C@](O)(c1cccs1)C1CCCC1)C2.O=C([O-])C(F)(F)F.O=C([O-])C(F)(F)F. The highest BCUT2D eigenvalue weighted by atomic mass is 32.1. The van der Waals surface area contributed by atoms with E-state index in [9.17, 15) is 46.1 Å². The van der Waals surface area contributed by atoms with Crippen LogP contribution in [0.5, 0.6) is 11.5 Å². The average molecular weight is 1200 g/mol. The molecule has 82 heavy (non-hydrogen) atoms. The number of quaternary nitrogens is 2. The van der Waals surface area contributed by atoms with E-state index < -0.39 is 47.4 Å². The molecule has 2 aromatic carbocycles. The molecule has 0 unspecified atom stereocenters. The van der Waals surface area contributed by atoms with Gasteiger partial charge in [-0.2, -0.15) is 26.3 Å². The highest BCUT2D eigenvalue weighted by Gasteiger charge is 2.55. The lowest BCUT2D eigenvalue weighted by Gasteiger charge is -2.52. The predicted octanol–water partition coefficient (Wildman–Crippen LogP) is 8.71. The number of nitrogens with zero attached hydrogens (tertiary/aromatic N) is 2. The fourth-order valence-electron chi connectivity index (χ4n) is 13.0. The van der Waals surface area contributed by atoms with E-state index in [0.717, 1.165) is 172 Å². The van der Waals surface area contributed by atoms with Crippen molar-refractivity contribution in [2.45, 2.75) is 140 Å². The summed E-state index contributed by atoms with van der Waals surface area (Å²) < 4.78 is 89.6. The zero-order valence-corrected chi connectivity index (χ0v) is 48.1. The number of aryl methyl sites for hydroxylation is 2. The van der Waals surface area contributed by atoms with Crippen molar-refractivity contribution < 1.29 is 93.9 Å². The van der Waals surface area contributed by atoms with Crippen molar-refractivity contribution in [3.05, 3.63) is 104 Å². The Morgan fingerprint density at radius 3 is 1.16 bits per heavy atom. The second-order valence-electron chi connectivity index (χ2n) is 22.9. The molecule has 12 rings (SSSR count). The number of carbonyl (C=O) groups excluding carboxylic acids is 4. The Labute approximate surface area is 483 Å². The Morgan fingerprint density at radius 1 is 0.537 bits per heavy atom. The molecule has 6 saturated heterocycles. The maximum absolute atomic E-state index is 13.6. The number of hydrogen-bond donors (Lipinski definition) is 2. The standard InChI is InChI=1S/2C28H38NO4S.2C2HF3O2/c2*1-21-8-2-5-11-24(21)32-18-7-15-29-16-13-22(14-17-29)25(20-29)33-27(30)28(31,23-9-3-4-10-23)26-12-6-19-34-26;2*3-2(4,5)1(6)7/h2*2,5-6,8,11-12,19,22-23,25,31H,3-4,7,9-10,13-18,20H2,1H3;2*(H,6,7)/q2*+1;;/p-2/t2*22?,25-,28+,29?;;/m00../s1. The van der Waals surface area contributed by atoms with Crippen molar-refractivity contribution in [3.8, 4) is 11.5 Å². The van der Waals surface area contributed by atoms with Crippen LogP contribution in [0.1, 0.15) is 111 Å². The number of para-hydroxylation sites is 2. The van der Waals surface area contributed by atoms with E-state index in [4.69, 9.17) is 38.7 Å². The molecule has 2 N–H and O–H groups in total. The molecule has 8 fully saturated rings. The van der Waals surface area contributed by atoms with Crippen LogP contribution in [0.3, 0.4) is 0 Å². The number of piperidine rings is 6. The van der Waals surface area contributed by atoms with Gasteiger partial charge in [0, 0.05) is 72.0 Å². The van der Waals surface area contributed by atoms with Crippen molar-refractivity contribution >= 4 is 46.6 Å². The minimum Gasteiger partial charge on any atom is -0.542 e. The third-order valence-electron chi connectivity index (χ3n) is 17.6. The van der Waals surface area contributed by atoms with E-state index in [1.165, 1.54) is 33.8 Å². The van der Waals surface area contributed by atoms with Gasteiger partial charge in [-0.05, 0) is 85.7 Å². The van der Waals surface area contributed by atoms with Crippen LogP contribution in [-0.2, 0) is 39.9 Å². The van der Waals surface area contributed by atoms with Gasteiger partial charge in [-0.1, -0.05) is 74.2 Å². The van der Waals surface area contributed by atoms with E-state index in [1.807, 2.05) is 71.4 Å². The number of aliphatic hydroxyl groups is 2. The number of fused-ring (bicyclic) bond motifs is 6. The number of rotatable bonds is 18. The molecule has 0 radical (unpaired) electrons. The molecule has 2 aliphatic carbocycles. The number of halogens is 6. The molecule has 22 heteroatoms. The highest BCUT2D eigenvalue weighted by molar-refractivity contribution is 7.10. The number of hydrogen-bond acceptors (Lipinski definition) is 14. The molecule has 452 valence electrons. The van der Waals surface area contributed by atoms with Crippen molar-refractivity contribution in [1.82, 2.24) is 0 Å². The zero-order chi connectivity index (χ0) is 59.4. The summed E-state index contributed by atoms with van der Waals surface area (Å²) >= 11 is 2.93. The van der Waals surface area contributed by atoms with Crippen LogP contribution in [0.4, 0.5) is 26.3 Å². The highest BCUT2D eigenvalue weighted by Crippen LogP contribution is 2.47. The monoisotopic (exact) mass is 1190 g/mol. The van der Waals surface area contributed by atoms with E-state index in [2.05, 4.69) is 26.0 Å². The minimum absolute atomic E-state index is 0.0403. The van der Waals surface area contributed by atoms with Gasteiger partial charge < -0.3 is 57.9 Å². The quantitative estimate of drug-likeness (QED) is 0.0418. The summed E-state index contributed by atoms with van der Waals surface area (Å²) in [4.78, 5) is 46.2. The number of alkyl halides is 6. The molecule has 8 aliphatic rings. The fraction of sp³-hybridized carbons (Fsp3) is 0.600. The molecule has 4 aromatic rings. The third kappa shape index (κ3) is 16.1. The molecular formula is C60H76F6N2O12S2. The van der Waals surface area contributed by atoms with E-state index in [0.29, 0.717) is 25.0 Å². The lowest BCUT2D eigenvalue weighted by Crippen LogP contribution is -2.65. The number of carbonyl (C=O) groups is 4. The molecule has 0 spiro atoms. The maximum Gasteiger partial charge on any atom is 0.430 e. The molecule has 6 aliphatic heterocycles. The predicted molar refractivity (Wildman–Crippen MR) is 290 cm³/mol. The Kier molecular flexibility index (Phi) is 22.0. The molecule has 2 saturated carbocycles. The van der Waals surface area contributed by atoms with Crippen LogP contribution >= 0.6 is 22.7 Å². The first kappa shape index (κ1) is 64.3. The van der Waals surface area contributed by atoms with Crippen molar-refractivity contribution in [2.75, 3.05) is 65.6 Å². The number of carboxylic acids is 2. The van der Waals surface area contributed by atoms with Gasteiger partial charge in [0.15, 0.2) is 23.4 Å². The van der Waals surface area contributed by atoms with Crippen LogP contribution in [0.2, 0.25) is 0 Å². The minimum atomic E-state index is -5.19. The topological polar surface area (TPSA) is 192 Å². The largest absolute Gasteiger partial charge is 0.542 e. The van der Waals surface area contributed by atoms with Crippen LogP contribution in [0.25, 0.3) is 0 Å². The number of thiophene rings is 2. The molecular weight excluding hydrogens is 1120 g/mol. The van der Waals surface area contributed by atoms with E-state index in [1.54, 1.807) is 0 Å². The summed E-state index contributed by atoms with van der Waals surface area (Å²) in [5.74, 6) is -4.16. The van der Waals surface area contributed by atoms with Crippen molar-refractivity contribution in [3.63, 3.8) is 0 Å².